The predicted molar refractivity (Wildman–Crippen MR) is 61.6 cm³/mol. The molecule has 0 radical (unpaired) electrons. The zero-order valence-corrected chi connectivity index (χ0v) is 10.9. The zero-order valence-electron chi connectivity index (χ0n) is 10.1. The van der Waals surface area contributed by atoms with Gasteiger partial charge in [0, 0.05) is 18.5 Å². The third-order valence-electron chi connectivity index (χ3n) is 2.99. The van der Waals surface area contributed by atoms with Gasteiger partial charge in [0.25, 0.3) is 0 Å². The zero-order chi connectivity index (χ0) is 11.6. The highest BCUT2D eigenvalue weighted by Crippen LogP contribution is 2.26. The van der Waals surface area contributed by atoms with Gasteiger partial charge in [-0.25, -0.2) is 0 Å². The van der Waals surface area contributed by atoms with Crippen LogP contribution in [0.15, 0.2) is 0 Å². The van der Waals surface area contributed by atoms with Crippen molar-refractivity contribution in [2.24, 2.45) is 5.41 Å². The Bertz CT molecular complexity index is 211. The molecular weight excluding hydrogens is 198 g/mol. The van der Waals surface area contributed by atoms with Crippen LogP contribution in [0, 0.1) is 5.41 Å². The molecule has 0 aliphatic heterocycles. The van der Waals surface area contributed by atoms with Gasteiger partial charge in [0.15, 0.2) is 0 Å². The third-order valence-corrected chi connectivity index (χ3v) is 3.66. The van der Waals surface area contributed by atoms with Crippen LogP contribution >= 0.6 is 11.6 Å². The molecule has 0 aliphatic carbocycles. The van der Waals surface area contributed by atoms with Crippen LogP contribution in [-0.4, -0.2) is 29.3 Å². The predicted octanol–water partition coefficient (Wildman–Crippen LogP) is 2.90. The van der Waals surface area contributed by atoms with Gasteiger partial charge in [0.05, 0.1) is 5.41 Å². The Hall–Kier alpha value is -0.240. The molecule has 84 valence electrons. The molecule has 0 unspecified atom stereocenters. The van der Waals surface area contributed by atoms with E-state index >= 15 is 0 Å². The smallest absolute Gasteiger partial charge is 0.229 e. The highest BCUT2D eigenvalue weighted by atomic mass is 35.5. The van der Waals surface area contributed by atoms with Crippen molar-refractivity contribution in [2.45, 2.75) is 46.6 Å². The van der Waals surface area contributed by atoms with E-state index < -0.39 is 5.41 Å². The molecule has 0 spiro atoms. The fraction of sp³-hybridized carbons (Fsp3) is 0.909. The number of halogens is 1. The van der Waals surface area contributed by atoms with Crippen LogP contribution in [0.2, 0.25) is 0 Å². The van der Waals surface area contributed by atoms with Gasteiger partial charge in [0.2, 0.25) is 5.91 Å². The van der Waals surface area contributed by atoms with Gasteiger partial charge < -0.3 is 4.90 Å². The van der Waals surface area contributed by atoms with Crippen LogP contribution in [0.3, 0.4) is 0 Å². The minimum atomic E-state index is -0.469. The number of amides is 1. The molecule has 0 saturated heterocycles. The fourth-order valence-corrected chi connectivity index (χ4v) is 1.14. The van der Waals surface area contributed by atoms with Crippen molar-refractivity contribution in [1.29, 1.82) is 0 Å². The van der Waals surface area contributed by atoms with E-state index in [1.807, 2.05) is 20.9 Å². The molecule has 14 heavy (non-hydrogen) atoms. The average Bonchev–Trinajstić information content (AvgIpc) is 2.15. The van der Waals surface area contributed by atoms with E-state index in [-0.39, 0.29) is 11.4 Å². The van der Waals surface area contributed by atoms with Crippen LogP contribution in [0.25, 0.3) is 0 Å². The van der Waals surface area contributed by atoms with Gasteiger partial charge in [-0.15, -0.1) is 11.6 Å². The van der Waals surface area contributed by atoms with E-state index in [1.165, 1.54) is 0 Å². The Morgan fingerprint density at radius 2 is 1.71 bits per heavy atom. The summed E-state index contributed by atoms with van der Waals surface area (Å²) in [6.45, 7) is 9.97. The van der Waals surface area contributed by atoms with Gasteiger partial charge in [0.1, 0.15) is 0 Å². The van der Waals surface area contributed by atoms with E-state index in [0.717, 1.165) is 6.42 Å². The number of hydrogen-bond donors (Lipinski definition) is 0. The van der Waals surface area contributed by atoms with Crippen LogP contribution in [0.4, 0.5) is 0 Å². The normalized spacial score (nSPS) is 12.8. The second kappa shape index (κ2) is 4.52. The summed E-state index contributed by atoms with van der Waals surface area (Å²) in [6.07, 6.45) is 0.938. The first-order valence-electron chi connectivity index (χ1n) is 5.03. The molecule has 0 rings (SSSR count). The number of nitrogens with zero attached hydrogens (tertiary/aromatic N) is 1. The largest absolute Gasteiger partial charge is 0.340 e. The molecule has 0 aromatic carbocycles. The van der Waals surface area contributed by atoms with Crippen molar-refractivity contribution in [3.8, 4) is 0 Å². The summed E-state index contributed by atoms with van der Waals surface area (Å²) in [5.41, 5.74) is -0.566. The molecule has 0 N–H and O–H groups in total. The topological polar surface area (TPSA) is 20.3 Å². The second-order valence-electron chi connectivity index (χ2n) is 5.05. The van der Waals surface area contributed by atoms with Crippen LogP contribution < -0.4 is 0 Å². The SMILES string of the molecule is CCC(C)(C)N(C)C(=O)C(C)(C)CCl. The van der Waals surface area contributed by atoms with E-state index in [1.54, 1.807) is 4.90 Å². The summed E-state index contributed by atoms with van der Waals surface area (Å²) in [6, 6.07) is 0. The van der Waals surface area contributed by atoms with E-state index in [9.17, 15) is 4.79 Å². The lowest BCUT2D eigenvalue weighted by Gasteiger charge is -2.39. The van der Waals surface area contributed by atoms with Crippen molar-refractivity contribution >= 4 is 17.5 Å². The second-order valence-corrected chi connectivity index (χ2v) is 5.31. The third kappa shape index (κ3) is 2.88. The molecule has 1 amide bonds. The molecule has 0 bridgehead atoms. The summed E-state index contributed by atoms with van der Waals surface area (Å²) >= 11 is 5.78. The monoisotopic (exact) mass is 219 g/mol. The van der Waals surface area contributed by atoms with Gasteiger partial charge in [-0.3, -0.25) is 4.79 Å². The van der Waals surface area contributed by atoms with E-state index in [2.05, 4.69) is 20.8 Å². The minimum Gasteiger partial charge on any atom is -0.340 e. The van der Waals surface area contributed by atoms with Crippen molar-refractivity contribution in [3.05, 3.63) is 0 Å². The van der Waals surface area contributed by atoms with Gasteiger partial charge >= 0.3 is 0 Å². The first kappa shape index (κ1) is 13.8. The lowest BCUT2D eigenvalue weighted by molar-refractivity contribution is -0.142. The molecule has 0 saturated carbocycles. The summed E-state index contributed by atoms with van der Waals surface area (Å²) in [5, 5.41) is 0. The van der Waals surface area contributed by atoms with Crippen molar-refractivity contribution in [1.82, 2.24) is 4.90 Å². The molecule has 0 atom stereocenters. The van der Waals surface area contributed by atoms with Crippen molar-refractivity contribution in [3.63, 3.8) is 0 Å². The van der Waals surface area contributed by atoms with Gasteiger partial charge in [-0.1, -0.05) is 6.92 Å². The average molecular weight is 220 g/mol. The standard InChI is InChI=1S/C11H22ClNO/c1-7-11(4,5)13(6)9(14)10(2,3)8-12/h7-8H2,1-6H3. The Labute approximate surface area is 92.6 Å². The Morgan fingerprint density at radius 3 is 2.00 bits per heavy atom. The molecule has 0 aromatic heterocycles. The lowest BCUT2D eigenvalue weighted by atomic mass is 9.90. The molecule has 2 nitrogen and oxygen atoms in total. The number of alkyl halides is 1. The van der Waals surface area contributed by atoms with Crippen LogP contribution in [-0.2, 0) is 4.79 Å². The van der Waals surface area contributed by atoms with Gasteiger partial charge in [-0.05, 0) is 34.1 Å². The summed E-state index contributed by atoms with van der Waals surface area (Å²) in [7, 11) is 1.85. The maximum absolute atomic E-state index is 12.0. The number of carbonyl (C=O) groups excluding carboxylic acids is 1. The highest BCUT2D eigenvalue weighted by Gasteiger charge is 2.35. The molecule has 3 heteroatoms. The maximum Gasteiger partial charge on any atom is 0.229 e. The van der Waals surface area contributed by atoms with Crippen LogP contribution in [0.1, 0.15) is 41.0 Å². The number of carbonyl (C=O) groups is 1. The molecule has 0 aromatic rings. The Morgan fingerprint density at radius 1 is 1.29 bits per heavy atom. The van der Waals surface area contributed by atoms with Crippen molar-refractivity contribution in [2.75, 3.05) is 12.9 Å². The maximum atomic E-state index is 12.0. The first-order valence-corrected chi connectivity index (χ1v) is 5.56. The molecule has 0 fully saturated rings. The highest BCUT2D eigenvalue weighted by molar-refractivity contribution is 6.19. The molecule has 0 heterocycles. The lowest BCUT2D eigenvalue weighted by Crippen LogP contribution is -2.50. The van der Waals surface area contributed by atoms with Crippen molar-refractivity contribution < 1.29 is 4.79 Å². The quantitative estimate of drug-likeness (QED) is 0.666. The fourth-order valence-electron chi connectivity index (χ4n) is 1.02. The Kier molecular flexibility index (Phi) is 4.44. The van der Waals surface area contributed by atoms with E-state index in [0.29, 0.717) is 5.88 Å². The summed E-state index contributed by atoms with van der Waals surface area (Å²) in [5.74, 6) is 0.468. The summed E-state index contributed by atoms with van der Waals surface area (Å²) in [4.78, 5) is 13.8. The van der Waals surface area contributed by atoms with Gasteiger partial charge in [-0.2, -0.15) is 0 Å². The first-order chi connectivity index (χ1) is 6.19. The summed E-state index contributed by atoms with van der Waals surface area (Å²) < 4.78 is 0. The van der Waals surface area contributed by atoms with E-state index in [4.69, 9.17) is 11.6 Å². The Balaban J connectivity index is 4.71. The number of hydrogen-bond acceptors (Lipinski definition) is 1. The molecule has 0 aliphatic rings. The van der Waals surface area contributed by atoms with Crippen LogP contribution in [0.5, 0.6) is 0 Å². The number of rotatable bonds is 4. The molecular formula is C11H22ClNO. The minimum absolute atomic E-state index is 0.0968.